The zero-order chi connectivity index (χ0) is 10.8. The number of nitrogens with zero attached hydrogens (tertiary/aromatic N) is 1. The quantitative estimate of drug-likeness (QED) is 0.753. The lowest BCUT2D eigenvalue weighted by Crippen LogP contribution is -1.99. The minimum absolute atomic E-state index is 0.0783. The molecular formula is C13H15NO. The molecule has 1 unspecified atom stereocenters. The van der Waals surface area contributed by atoms with Gasteiger partial charge in [-0.15, -0.1) is 0 Å². The molecule has 0 aliphatic heterocycles. The average molecular weight is 201 g/mol. The van der Waals surface area contributed by atoms with Gasteiger partial charge in [0.05, 0.1) is 19.1 Å². The van der Waals surface area contributed by atoms with Crippen molar-refractivity contribution in [3.63, 3.8) is 0 Å². The second kappa shape index (κ2) is 3.94. The van der Waals surface area contributed by atoms with Crippen LogP contribution >= 0.6 is 0 Å². The zero-order valence-electron chi connectivity index (χ0n) is 9.16. The Morgan fingerprint density at radius 2 is 2.20 bits per heavy atom. The zero-order valence-corrected chi connectivity index (χ0v) is 9.16. The molecule has 1 fully saturated rings. The van der Waals surface area contributed by atoms with Gasteiger partial charge in [-0.2, -0.15) is 5.26 Å². The van der Waals surface area contributed by atoms with Gasteiger partial charge in [-0.25, -0.2) is 0 Å². The fourth-order valence-corrected chi connectivity index (χ4v) is 1.98. The molecule has 78 valence electrons. The van der Waals surface area contributed by atoms with Crippen molar-refractivity contribution in [1.29, 1.82) is 5.26 Å². The summed E-state index contributed by atoms with van der Waals surface area (Å²) in [5.41, 5.74) is 2.24. The van der Waals surface area contributed by atoms with Gasteiger partial charge < -0.3 is 4.74 Å². The van der Waals surface area contributed by atoms with Crippen LogP contribution in [0, 0.1) is 24.2 Å². The second-order valence-electron chi connectivity index (χ2n) is 4.17. The van der Waals surface area contributed by atoms with Crippen LogP contribution in [-0.2, 0) is 0 Å². The number of nitriles is 1. The van der Waals surface area contributed by atoms with Crippen LogP contribution in [0.5, 0.6) is 5.75 Å². The standard InChI is InChI=1S/C13H15NO/c1-9-7-11(5-6-13(9)15-2)12(8-14)10-3-4-10/h5-7,10,12H,3-4H2,1-2H3. The Kier molecular flexibility index (Phi) is 2.64. The van der Waals surface area contributed by atoms with Gasteiger partial charge in [-0.3, -0.25) is 0 Å². The van der Waals surface area contributed by atoms with Crippen molar-refractivity contribution >= 4 is 0 Å². The van der Waals surface area contributed by atoms with Gasteiger partial charge in [0.2, 0.25) is 0 Å². The van der Waals surface area contributed by atoms with E-state index in [1.807, 2.05) is 19.1 Å². The second-order valence-corrected chi connectivity index (χ2v) is 4.17. The van der Waals surface area contributed by atoms with Crippen molar-refractivity contribution in [2.75, 3.05) is 7.11 Å². The van der Waals surface area contributed by atoms with Gasteiger partial charge in [-0.05, 0) is 42.9 Å². The summed E-state index contributed by atoms with van der Waals surface area (Å²) < 4.78 is 5.21. The lowest BCUT2D eigenvalue weighted by molar-refractivity contribution is 0.411. The van der Waals surface area contributed by atoms with Crippen LogP contribution in [0.3, 0.4) is 0 Å². The number of benzene rings is 1. The molecule has 2 nitrogen and oxygen atoms in total. The smallest absolute Gasteiger partial charge is 0.121 e. The summed E-state index contributed by atoms with van der Waals surface area (Å²) in [6.45, 7) is 2.02. The minimum atomic E-state index is 0.0783. The van der Waals surface area contributed by atoms with E-state index in [-0.39, 0.29) is 5.92 Å². The van der Waals surface area contributed by atoms with Crippen LogP contribution in [0.4, 0.5) is 0 Å². The third kappa shape index (κ3) is 1.97. The van der Waals surface area contributed by atoms with Crippen LogP contribution in [-0.4, -0.2) is 7.11 Å². The third-order valence-electron chi connectivity index (χ3n) is 3.01. The third-order valence-corrected chi connectivity index (χ3v) is 3.01. The van der Waals surface area contributed by atoms with Crippen molar-refractivity contribution in [3.05, 3.63) is 29.3 Å². The molecular weight excluding hydrogens is 186 g/mol. The normalized spacial score (nSPS) is 16.9. The number of hydrogen-bond acceptors (Lipinski definition) is 2. The summed E-state index contributed by atoms with van der Waals surface area (Å²) in [5, 5.41) is 9.13. The predicted octanol–water partition coefficient (Wildman–Crippen LogP) is 3.02. The number of hydrogen-bond donors (Lipinski definition) is 0. The lowest BCUT2D eigenvalue weighted by Gasteiger charge is -2.11. The van der Waals surface area contributed by atoms with Gasteiger partial charge in [0, 0.05) is 0 Å². The Labute approximate surface area is 90.5 Å². The van der Waals surface area contributed by atoms with Crippen molar-refractivity contribution in [2.24, 2.45) is 5.92 Å². The monoisotopic (exact) mass is 201 g/mol. The molecule has 0 bridgehead atoms. The molecule has 2 rings (SSSR count). The number of ether oxygens (including phenoxy) is 1. The van der Waals surface area contributed by atoms with E-state index < -0.39 is 0 Å². The molecule has 1 aromatic carbocycles. The highest BCUT2D eigenvalue weighted by Gasteiger charge is 2.32. The van der Waals surface area contributed by atoms with Crippen LogP contribution in [0.15, 0.2) is 18.2 Å². The van der Waals surface area contributed by atoms with E-state index in [4.69, 9.17) is 10.00 Å². The highest BCUT2D eigenvalue weighted by Crippen LogP contribution is 2.42. The summed E-state index contributed by atoms with van der Waals surface area (Å²) in [6.07, 6.45) is 2.40. The van der Waals surface area contributed by atoms with Gasteiger partial charge in [0.25, 0.3) is 0 Å². The highest BCUT2D eigenvalue weighted by molar-refractivity contribution is 5.39. The molecule has 0 heterocycles. The molecule has 0 spiro atoms. The largest absolute Gasteiger partial charge is 0.496 e. The summed E-state index contributed by atoms with van der Waals surface area (Å²) in [6, 6.07) is 8.45. The molecule has 15 heavy (non-hydrogen) atoms. The molecule has 1 aliphatic rings. The fraction of sp³-hybridized carbons (Fsp3) is 0.462. The van der Waals surface area contributed by atoms with Gasteiger partial charge >= 0.3 is 0 Å². The SMILES string of the molecule is COc1ccc(C(C#N)C2CC2)cc1C. The molecule has 1 atom stereocenters. The maximum atomic E-state index is 9.13. The molecule has 0 saturated heterocycles. The summed E-state index contributed by atoms with van der Waals surface area (Å²) in [4.78, 5) is 0. The van der Waals surface area contributed by atoms with E-state index in [9.17, 15) is 0 Å². The van der Waals surface area contributed by atoms with Gasteiger partial charge in [-0.1, -0.05) is 12.1 Å². The van der Waals surface area contributed by atoms with Crippen LogP contribution in [0.1, 0.15) is 29.9 Å². The number of methoxy groups -OCH3 is 1. The summed E-state index contributed by atoms with van der Waals surface area (Å²) in [7, 11) is 1.67. The van der Waals surface area contributed by atoms with Crippen molar-refractivity contribution in [2.45, 2.75) is 25.7 Å². The summed E-state index contributed by atoms with van der Waals surface area (Å²) >= 11 is 0. The van der Waals surface area contributed by atoms with E-state index in [0.29, 0.717) is 5.92 Å². The first-order valence-electron chi connectivity index (χ1n) is 5.30. The molecule has 0 aromatic heterocycles. The van der Waals surface area contributed by atoms with E-state index in [0.717, 1.165) is 16.9 Å². The molecule has 1 saturated carbocycles. The number of aryl methyl sites for hydroxylation is 1. The Balaban J connectivity index is 2.28. The first kappa shape index (κ1) is 10.0. The van der Waals surface area contributed by atoms with Crippen molar-refractivity contribution in [3.8, 4) is 11.8 Å². The van der Waals surface area contributed by atoms with Crippen LogP contribution in [0.25, 0.3) is 0 Å². The van der Waals surface area contributed by atoms with E-state index in [1.54, 1.807) is 7.11 Å². The van der Waals surface area contributed by atoms with Gasteiger partial charge in [0.15, 0.2) is 0 Å². The minimum Gasteiger partial charge on any atom is -0.496 e. The predicted molar refractivity (Wildman–Crippen MR) is 58.8 cm³/mol. The molecule has 0 radical (unpaired) electrons. The van der Waals surface area contributed by atoms with E-state index in [2.05, 4.69) is 12.1 Å². The van der Waals surface area contributed by atoms with Crippen LogP contribution < -0.4 is 4.74 Å². The highest BCUT2D eigenvalue weighted by atomic mass is 16.5. The summed E-state index contributed by atoms with van der Waals surface area (Å²) in [5.74, 6) is 1.56. The number of rotatable bonds is 3. The molecule has 1 aromatic rings. The maximum absolute atomic E-state index is 9.13. The Bertz CT molecular complexity index is 401. The average Bonchev–Trinajstić information content (AvgIpc) is 3.03. The maximum Gasteiger partial charge on any atom is 0.121 e. The Morgan fingerprint density at radius 1 is 1.47 bits per heavy atom. The molecule has 0 amide bonds. The van der Waals surface area contributed by atoms with Gasteiger partial charge in [0.1, 0.15) is 5.75 Å². The first-order valence-corrected chi connectivity index (χ1v) is 5.30. The topological polar surface area (TPSA) is 33.0 Å². The lowest BCUT2D eigenvalue weighted by atomic mass is 9.94. The van der Waals surface area contributed by atoms with Crippen molar-refractivity contribution in [1.82, 2.24) is 0 Å². The van der Waals surface area contributed by atoms with E-state index in [1.165, 1.54) is 12.8 Å². The Hall–Kier alpha value is -1.49. The van der Waals surface area contributed by atoms with Crippen molar-refractivity contribution < 1.29 is 4.74 Å². The fourth-order valence-electron chi connectivity index (χ4n) is 1.98. The van der Waals surface area contributed by atoms with Crippen LogP contribution in [0.2, 0.25) is 0 Å². The molecule has 0 N–H and O–H groups in total. The molecule has 2 heteroatoms. The first-order chi connectivity index (χ1) is 7.26. The van der Waals surface area contributed by atoms with E-state index >= 15 is 0 Å². The molecule has 1 aliphatic carbocycles. The Morgan fingerprint density at radius 3 is 2.67 bits per heavy atom.